The Balaban J connectivity index is 2.34. The van der Waals surface area contributed by atoms with Gasteiger partial charge in [-0.05, 0) is 57.1 Å². The Labute approximate surface area is 138 Å². The quantitative estimate of drug-likeness (QED) is 0.745. The molecule has 0 aliphatic carbocycles. The normalized spacial score (nSPS) is 11.6. The SMILES string of the molecule is CNCc1cc(S(=O)(=O)Nc2ccc(F)cc2Br)c(Br)o1. The lowest BCUT2D eigenvalue weighted by Gasteiger charge is -2.08. The average Bonchev–Trinajstić information content (AvgIpc) is 2.75. The molecule has 2 aromatic rings. The third-order valence-electron chi connectivity index (χ3n) is 2.52. The van der Waals surface area contributed by atoms with Crippen LogP contribution in [0.2, 0.25) is 0 Å². The molecule has 0 fully saturated rings. The van der Waals surface area contributed by atoms with Crippen LogP contribution in [0.5, 0.6) is 0 Å². The van der Waals surface area contributed by atoms with Crippen LogP contribution < -0.4 is 10.0 Å². The molecule has 0 unspecified atom stereocenters. The summed E-state index contributed by atoms with van der Waals surface area (Å²) in [5.41, 5.74) is 0.236. The van der Waals surface area contributed by atoms with Crippen LogP contribution in [0.1, 0.15) is 5.76 Å². The first-order valence-corrected chi connectivity index (χ1v) is 8.81. The number of hydrogen-bond acceptors (Lipinski definition) is 4. The van der Waals surface area contributed by atoms with Crippen molar-refractivity contribution < 1.29 is 17.2 Å². The van der Waals surface area contributed by atoms with Crippen molar-refractivity contribution in [3.63, 3.8) is 0 Å². The maximum Gasteiger partial charge on any atom is 0.266 e. The summed E-state index contributed by atoms with van der Waals surface area (Å²) in [6.07, 6.45) is 0. The largest absolute Gasteiger partial charge is 0.451 e. The summed E-state index contributed by atoms with van der Waals surface area (Å²) >= 11 is 6.19. The van der Waals surface area contributed by atoms with Crippen molar-refractivity contribution in [1.29, 1.82) is 0 Å². The van der Waals surface area contributed by atoms with Gasteiger partial charge in [-0.25, -0.2) is 12.8 Å². The Hall–Kier alpha value is -0.900. The van der Waals surface area contributed by atoms with E-state index in [1.807, 2.05) is 0 Å². The van der Waals surface area contributed by atoms with Crippen LogP contribution in [0.15, 0.2) is 42.7 Å². The van der Waals surface area contributed by atoms with E-state index < -0.39 is 15.8 Å². The number of furan rings is 1. The van der Waals surface area contributed by atoms with E-state index in [2.05, 4.69) is 41.9 Å². The second kappa shape index (κ2) is 6.47. The Kier molecular flexibility index (Phi) is 5.07. The standard InChI is InChI=1S/C12H11Br2FN2O3S/c1-16-6-8-5-11(12(14)20-8)21(18,19)17-10-3-2-7(15)4-9(10)13/h2-5,16-17H,6H2,1H3. The first-order chi connectivity index (χ1) is 9.83. The Morgan fingerprint density at radius 1 is 1.29 bits per heavy atom. The van der Waals surface area contributed by atoms with Crippen LogP contribution in [-0.4, -0.2) is 15.5 Å². The van der Waals surface area contributed by atoms with Gasteiger partial charge in [0.1, 0.15) is 16.5 Å². The minimum Gasteiger partial charge on any atom is -0.451 e. The van der Waals surface area contributed by atoms with Gasteiger partial charge in [0.15, 0.2) is 4.67 Å². The van der Waals surface area contributed by atoms with Gasteiger partial charge >= 0.3 is 0 Å². The van der Waals surface area contributed by atoms with E-state index in [1.54, 1.807) is 7.05 Å². The first kappa shape index (κ1) is 16.5. The average molecular weight is 442 g/mol. The Morgan fingerprint density at radius 3 is 2.62 bits per heavy atom. The molecule has 0 spiro atoms. The van der Waals surface area contributed by atoms with Crippen molar-refractivity contribution in [2.24, 2.45) is 0 Å². The predicted molar refractivity (Wildman–Crippen MR) is 84.1 cm³/mol. The summed E-state index contributed by atoms with van der Waals surface area (Å²) in [4.78, 5) is -0.0241. The molecular weight excluding hydrogens is 431 g/mol. The zero-order valence-electron chi connectivity index (χ0n) is 10.8. The number of anilines is 1. The van der Waals surface area contributed by atoms with E-state index in [0.29, 0.717) is 16.8 Å². The van der Waals surface area contributed by atoms with Crippen molar-refractivity contribution in [3.05, 3.63) is 45.0 Å². The molecule has 0 atom stereocenters. The van der Waals surface area contributed by atoms with Gasteiger partial charge in [-0.3, -0.25) is 4.72 Å². The van der Waals surface area contributed by atoms with Gasteiger partial charge in [0.05, 0.1) is 12.2 Å². The lowest BCUT2D eigenvalue weighted by Crippen LogP contribution is -2.13. The van der Waals surface area contributed by atoms with Crippen molar-refractivity contribution in [1.82, 2.24) is 5.32 Å². The summed E-state index contributed by atoms with van der Waals surface area (Å²) < 4.78 is 45.8. The molecule has 0 amide bonds. The number of nitrogens with one attached hydrogen (secondary N) is 2. The molecule has 0 saturated heterocycles. The van der Waals surface area contributed by atoms with Crippen molar-refractivity contribution in [2.75, 3.05) is 11.8 Å². The van der Waals surface area contributed by atoms with Crippen LogP contribution in [0.3, 0.4) is 0 Å². The fourth-order valence-electron chi connectivity index (χ4n) is 1.61. The molecule has 2 N–H and O–H groups in total. The maximum atomic E-state index is 13.0. The number of hydrogen-bond donors (Lipinski definition) is 2. The smallest absolute Gasteiger partial charge is 0.266 e. The van der Waals surface area contributed by atoms with Gasteiger partial charge in [-0.2, -0.15) is 0 Å². The molecule has 1 aromatic carbocycles. The van der Waals surface area contributed by atoms with Crippen LogP contribution in [-0.2, 0) is 16.6 Å². The fraction of sp³-hybridized carbons (Fsp3) is 0.167. The zero-order valence-corrected chi connectivity index (χ0v) is 14.8. The molecule has 1 aromatic heterocycles. The van der Waals surface area contributed by atoms with Crippen LogP contribution in [0.25, 0.3) is 0 Å². The van der Waals surface area contributed by atoms with Crippen LogP contribution in [0, 0.1) is 5.82 Å². The molecule has 114 valence electrons. The molecule has 21 heavy (non-hydrogen) atoms. The molecule has 5 nitrogen and oxygen atoms in total. The van der Waals surface area contributed by atoms with E-state index in [9.17, 15) is 12.8 Å². The number of halogens is 3. The summed E-state index contributed by atoms with van der Waals surface area (Å²) in [6, 6.07) is 5.09. The van der Waals surface area contributed by atoms with Gasteiger partial charge in [0.25, 0.3) is 10.0 Å². The second-order valence-electron chi connectivity index (χ2n) is 4.11. The predicted octanol–water partition coefficient (Wildman–Crippen LogP) is 3.46. The lowest BCUT2D eigenvalue weighted by molar-refractivity contribution is 0.470. The van der Waals surface area contributed by atoms with E-state index in [4.69, 9.17) is 4.42 Å². The Morgan fingerprint density at radius 2 is 2.00 bits per heavy atom. The van der Waals surface area contributed by atoms with Gasteiger partial charge in [0, 0.05) is 10.5 Å². The van der Waals surface area contributed by atoms with Crippen molar-refractivity contribution in [2.45, 2.75) is 11.4 Å². The van der Waals surface area contributed by atoms with E-state index in [-0.39, 0.29) is 15.3 Å². The Bertz CT molecular complexity index is 762. The summed E-state index contributed by atoms with van der Waals surface area (Å²) in [6.45, 7) is 0.397. The zero-order chi connectivity index (χ0) is 15.6. The highest BCUT2D eigenvalue weighted by Crippen LogP contribution is 2.30. The second-order valence-corrected chi connectivity index (χ2v) is 7.34. The molecule has 1 heterocycles. The first-order valence-electron chi connectivity index (χ1n) is 5.74. The molecule has 0 bridgehead atoms. The molecule has 0 saturated carbocycles. The summed E-state index contributed by atoms with van der Waals surface area (Å²) in [5.74, 6) is 0.00791. The minimum atomic E-state index is -3.85. The van der Waals surface area contributed by atoms with Crippen molar-refractivity contribution >= 4 is 47.6 Å². The highest BCUT2D eigenvalue weighted by molar-refractivity contribution is 9.10. The maximum absolute atomic E-state index is 13.0. The van der Waals surface area contributed by atoms with Crippen LogP contribution in [0.4, 0.5) is 10.1 Å². The molecule has 2 rings (SSSR count). The number of sulfonamides is 1. The number of rotatable bonds is 5. The fourth-order valence-corrected chi connectivity index (χ4v) is 4.27. The lowest BCUT2D eigenvalue weighted by atomic mass is 10.3. The van der Waals surface area contributed by atoms with Gasteiger partial charge in [-0.1, -0.05) is 0 Å². The molecule has 0 radical (unpaired) electrons. The molecule has 0 aliphatic heterocycles. The van der Waals surface area contributed by atoms with Crippen molar-refractivity contribution in [3.8, 4) is 0 Å². The summed E-state index contributed by atoms with van der Waals surface area (Å²) in [5, 5.41) is 2.86. The monoisotopic (exact) mass is 440 g/mol. The number of benzene rings is 1. The highest BCUT2D eigenvalue weighted by atomic mass is 79.9. The van der Waals surface area contributed by atoms with Gasteiger partial charge in [-0.15, -0.1) is 0 Å². The highest BCUT2D eigenvalue weighted by Gasteiger charge is 2.23. The van der Waals surface area contributed by atoms with E-state index in [0.717, 1.165) is 0 Å². The molecular formula is C12H11Br2FN2O3S. The summed E-state index contributed by atoms with van der Waals surface area (Å²) in [7, 11) is -2.13. The van der Waals surface area contributed by atoms with E-state index in [1.165, 1.54) is 24.3 Å². The topological polar surface area (TPSA) is 71.3 Å². The molecule has 9 heteroatoms. The van der Waals surface area contributed by atoms with Gasteiger partial charge < -0.3 is 9.73 Å². The van der Waals surface area contributed by atoms with E-state index >= 15 is 0 Å². The third-order valence-corrected chi connectivity index (χ3v) is 5.40. The third kappa shape index (κ3) is 3.85. The minimum absolute atomic E-state index is 0.0241. The molecule has 0 aliphatic rings. The van der Waals surface area contributed by atoms with Gasteiger partial charge in [0.2, 0.25) is 0 Å². The van der Waals surface area contributed by atoms with Crippen LogP contribution >= 0.6 is 31.9 Å².